The smallest absolute Gasteiger partial charge is 0.348 e. The van der Waals surface area contributed by atoms with Crippen LogP contribution in [0.4, 0.5) is 0 Å². The van der Waals surface area contributed by atoms with Gasteiger partial charge in [0.25, 0.3) is 5.91 Å². The van der Waals surface area contributed by atoms with E-state index < -0.39 is 0 Å². The quantitative estimate of drug-likeness (QED) is 0.524. The van der Waals surface area contributed by atoms with Crippen LogP contribution in [0, 0.1) is 6.92 Å². The number of carbonyl (C=O) groups excluding carboxylic acids is 2. The second-order valence-electron chi connectivity index (χ2n) is 7.85. The van der Waals surface area contributed by atoms with Crippen molar-refractivity contribution in [1.82, 2.24) is 10.6 Å². The van der Waals surface area contributed by atoms with Crippen LogP contribution in [0.25, 0.3) is 10.4 Å². The number of amides is 1. The van der Waals surface area contributed by atoms with E-state index >= 15 is 0 Å². The van der Waals surface area contributed by atoms with Gasteiger partial charge in [-0.2, -0.15) is 0 Å². The highest BCUT2D eigenvalue weighted by Crippen LogP contribution is 2.30. The molecule has 1 amide bonds. The molecule has 1 aliphatic rings. The maximum Gasteiger partial charge on any atom is 0.348 e. The Morgan fingerprint density at radius 3 is 2.66 bits per heavy atom. The minimum absolute atomic E-state index is 0.137. The number of rotatable bonds is 7. The Hall–Kier alpha value is -3.16. The van der Waals surface area contributed by atoms with Gasteiger partial charge in [-0.05, 0) is 60.9 Å². The maximum atomic E-state index is 13.0. The minimum atomic E-state index is -0.340. The van der Waals surface area contributed by atoms with Gasteiger partial charge in [-0.25, -0.2) is 4.79 Å². The predicted molar refractivity (Wildman–Crippen MR) is 125 cm³/mol. The average Bonchev–Trinajstić information content (AvgIpc) is 3.27. The second-order valence-corrected chi connectivity index (χ2v) is 8.93. The number of esters is 1. The molecule has 0 saturated carbocycles. The van der Waals surface area contributed by atoms with Crippen LogP contribution in [0.5, 0.6) is 5.75 Å². The van der Waals surface area contributed by atoms with E-state index in [9.17, 15) is 9.59 Å². The van der Waals surface area contributed by atoms with Gasteiger partial charge in [-0.15, -0.1) is 11.3 Å². The normalized spacial score (nSPS) is 14.3. The fourth-order valence-electron chi connectivity index (χ4n) is 3.48. The molecule has 0 radical (unpaired) electrons. The van der Waals surface area contributed by atoms with Crippen molar-refractivity contribution in [3.63, 3.8) is 0 Å². The third-order valence-electron chi connectivity index (χ3n) is 5.51. The Balaban J connectivity index is 1.48. The first-order chi connectivity index (χ1) is 15.4. The molecule has 1 saturated heterocycles. The standard InChI is InChI=1S/C25H26N2O4S/c1-15-7-8-19(31-20-13-26-14-20)12-21(15)24(28)27-16(2)17-5-4-6-18(11-17)22-9-10-23(32-22)25(29)30-3/h4-12,16,20,26H,13-14H2,1-3H3,(H,27,28). The lowest BCUT2D eigenvalue weighted by Crippen LogP contribution is -2.50. The van der Waals surface area contributed by atoms with Crippen LogP contribution in [-0.2, 0) is 4.74 Å². The molecule has 0 spiro atoms. The SMILES string of the molecule is COC(=O)c1ccc(-c2cccc(C(C)NC(=O)c3cc(OC4CNC4)ccc3C)c2)s1. The summed E-state index contributed by atoms with van der Waals surface area (Å²) in [7, 11) is 1.38. The Labute approximate surface area is 191 Å². The van der Waals surface area contributed by atoms with Crippen molar-refractivity contribution < 1.29 is 19.1 Å². The van der Waals surface area contributed by atoms with Crippen molar-refractivity contribution in [1.29, 1.82) is 0 Å². The molecule has 1 atom stereocenters. The molecule has 1 fully saturated rings. The molecule has 4 rings (SSSR count). The summed E-state index contributed by atoms with van der Waals surface area (Å²) in [6.07, 6.45) is 0.159. The summed E-state index contributed by atoms with van der Waals surface area (Å²) < 4.78 is 10.7. The lowest BCUT2D eigenvalue weighted by Gasteiger charge is -2.28. The van der Waals surface area contributed by atoms with Gasteiger partial charge < -0.3 is 20.1 Å². The molecule has 1 aliphatic heterocycles. The number of methoxy groups -OCH3 is 1. The summed E-state index contributed by atoms with van der Waals surface area (Å²) in [6.45, 7) is 5.54. The Bertz CT molecular complexity index is 1140. The van der Waals surface area contributed by atoms with Crippen molar-refractivity contribution >= 4 is 23.2 Å². The van der Waals surface area contributed by atoms with Crippen molar-refractivity contribution in [2.24, 2.45) is 0 Å². The first kappa shape index (κ1) is 22.0. The third-order valence-corrected chi connectivity index (χ3v) is 6.63. The fraction of sp³-hybridized carbons (Fsp3) is 0.280. The van der Waals surface area contributed by atoms with Gasteiger partial charge in [0.1, 0.15) is 16.7 Å². The van der Waals surface area contributed by atoms with E-state index in [4.69, 9.17) is 9.47 Å². The summed E-state index contributed by atoms with van der Waals surface area (Å²) in [5, 5.41) is 6.27. The van der Waals surface area contributed by atoms with Gasteiger partial charge in [-0.3, -0.25) is 4.79 Å². The van der Waals surface area contributed by atoms with E-state index in [0.717, 1.165) is 34.7 Å². The Kier molecular flexibility index (Phi) is 6.58. The number of benzene rings is 2. The highest BCUT2D eigenvalue weighted by atomic mass is 32.1. The Morgan fingerprint density at radius 2 is 1.94 bits per heavy atom. The number of hydrogen-bond acceptors (Lipinski definition) is 6. The highest BCUT2D eigenvalue weighted by Gasteiger charge is 2.20. The number of aryl methyl sites for hydroxylation is 1. The van der Waals surface area contributed by atoms with Crippen LogP contribution in [-0.4, -0.2) is 38.2 Å². The fourth-order valence-corrected chi connectivity index (χ4v) is 4.40. The lowest BCUT2D eigenvalue weighted by molar-refractivity contribution is 0.0606. The molecule has 166 valence electrons. The zero-order chi connectivity index (χ0) is 22.7. The molecule has 0 aliphatic carbocycles. The summed E-state index contributed by atoms with van der Waals surface area (Å²) in [6, 6.07) is 17.1. The topological polar surface area (TPSA) is 76.7 Å². The van der Waals surface area contributed by atoms with Crippen LogP contribution in [0.15, 0.2) is 54.6 Å². The maximum absolute atomic E-state index is 13.0. The largest absolute Gasteiger partial charge is 0.488 e. The number of carbonyl (C=O) groups is 2. The average molecular weight is 451 g/mol. The molecule has 1 aromatic heterocycles. The highest BCUT2D eigenvalue weighted by molar-refractivity contribution is 7.17. The molecule has 2 heterocycles. The van der Waals surface area contributed by atoms with Gasteiger partial charge in [0.05, 0.1) is 13.2 Å². The van der Waals surface area contributed by atoms with E-state index in [0.29, 0.717) is 16.2 Å². The lowest BCUT2D eigenvalue weighted by atomic mass is 10.0. The van der Waals surface area contributed by atoms with Crippen LogP contribution in [0.2, 0.25) is 0 Å². The molecule has 32 heavy (non-hydrogen) atoms. The van der Waals surface area contributed by atoms with Crippen LogP contribution in [0.3, 0.4) is 0 Å². The third kappa shape index (κ3) is 4.84. The van der Waals surface area contributed by atoms with Crippen LogP contribution in [0.1, 0.15) is 44.1 Å². The number of hydrogen-bond donors (Lipinski definition) is 2. The summed E-state index contributed by atoms with van der Waals surface area (Å²) in [5.74, 6) is 0.232. The molecule has 1 unspecified atom stereocenters. The first-order valence-corrected chi connectivity index (χ1v) is 11.3. The molecular weight excluding hydrogens is 424 g/mol. The predicted octanol–water partition coefficient (Wildman–Crippen LogP) is 4.35. The van der Waals surface area contributed by atoms with Crippen molar-refractivity contribution in [2.75, 3.05) is 20.2 Å². The van der Waals surface area contributed by atoms with Crippen molar-refractivity contribution in [3.8, 4) is 16.2 Å². The number of ether oxygens (including phenoxy) is 2. The van der Waals surface area contributed by atoms with E-state index in [1.165, 1.54) is 18.4 Å². The van der Waals surface area contributed by atoms with Crippen molar-refractivity contribution in [3.05, 3.63) is 76.2 Å². The second kappa shape index (κ2) is 9.54. The van der Waals surface area contributed by atoms with E-state index in [-0.39, 0.29) is 24.0 Å². The number of nitrogens with one attached hydrogen (secondary N) is 2. The zero-order valence-electron chi connectivity index (χ0n) is 18.3. The van der Waals surface area contributed by atoms with Gasteiger partial charge in [0.2, 0.25) is 0 Å². The van der Waals surface area contributed by atoms with Crippen LogP contribution < -0.4 is 15.4 Å². The molecule has 7 heteroatoms. The molecule has 6 nitrogen and oxygen atoms in total. The minimum Gasteiger partial charge on any atom is -0.488 e. The van der Waals surface area contributed by atoms with Crippen molar-refractivity contribution in [2.45, 2.75) is 26.0 Å². The number of thiophene rings is 1. The Morgan fingerprint density at radius 1 is 1.12 bits per heavy atom. The zero-order valence-corrected chi connectivity index (χ0v) is 19.1. The van der Waals surface area contributed by atoms with E-state index in [1.807, 2.05) is 62.4 Å². The van der Waals surface area contributed by atoms with E-state index in [1.54, 1.807) is 6.07 Å². The van der Waals surface area contributed by atoms with Gasteiger partial charge in [0, 0.05) is 23.5 Å². The molecule has 2 aromatic carbocycles. The van der Waals surface area contributed by atoms with Gasteiger partial charge in [0.15, 0.2) is 0 Å². The molecule has 2 N–H and O–H groups in total. The first-order valence-electron chi connectivity index (χ1n) is 10.5. The van der Waals surface area contributed by atoms with Gasteiger partial charge >= 0.3 is 5.97 Å². The summed E-state index contributed by atoms with van der Waals surface area (Å²) in [5.41, 5.74) is 3.48. The monoisotopic (exact) mass is 450 g/mol. The van der Waals surface area contributed by atoms with E-state index in [2.05, 4.69) is 10.6 Å². The van der Waals surface area contributed by atoms with Crippen LogP contribution >= 0.6 is 11.3 Å². The molecule has 3 aromatic rings. The summed E-state index contributed by atoms with van der Waals surface area (Å²) in [4.78, 5) is 26.3. The van der Waals surface area contributed by atoms with Gasteiger partial charge in [-0.1, -0.05) is 24.3 Å². The molecular formula is C25H26N2O4S. The molecule has 0 bridgehead atoms. The summed E-state index contributed by atoms with van der Waals surface area (Å²) >= 11 is 1.38.